The van der Waals surface area contributed by atoms with E-state index in [9.17, 15) is 0 Å². The number of benzene rings is 1. The molecule has 110 valence electrons. The summed E-state index contributed by atoms with van der Waals surface area (Å²) < 4.78 is 11.7. The Bertz CT molecular complexity index is 504. The van der Waals surface area contributed by atoms with E-state index in [0.29, 0.717) is 5.92 Å². The summed E-state index contributed by atoms with van der Waals surface area (Å²) in [4.78, 5) is 0. The predicted octanol–water partition coefficient (Wildman–Crippen LogP) is 3.35. The minimum Gasteiger partial charge on any atom is -0.490 e. The fourth-order valence-corrected chi connectivity index (χ4v) is 3.24. The maximum atomic E-state index is 6.27. The second-order valence-corrected chi connectivity index (χ2v) is 6.54. The van der Waals surface area contributed by atoms with Gasteiger partial charge >= 0.3 is 0 Å². The number of rotatable bonds is 3. The molecule has 0 saturated heterocycles. The second kappa shape index (κ2) is 4.96. The quantitative estimate of drug-likeness (QED) is 0.920. The molecule has 1 aliphatic heterocycles. The van der Waals surface area contributed by atoms with Crippen LogP contribution in [-0.4, -0.2) is 19.3 Å². The predicted molar refractivity (Wildman–Crippen MR) is 80.7 cm³/mol. The van der Waals surface area contributed by atoms with E-state index >= 15 is 0 Å². The first-order chi connectivity index (χ1) is 9.54. The zero-order chi connectivity index (χ0) is 14.3. The highest BCUT2D eigenvalue weighted by Gasteiger charge is 2.49. The minimum atomic E-state index is 0.157. The third-order valence-electron chi connectivity index (χ3n) is 4.74. The van der Waals surface area contributed by atoms with Gasteiger partial charge in [-0.15, -0.1) is 0 Å². The summed E-state index contributed by atoms with van der Waals surface area (Å²) in [5, 5.41) is 0. The van der Waals surface area contributed by atoms with E-state index in [1.54, 1.807) is 0 Å². The van der Waals surface area contributed by atoms with Crippen LogP contribution in [0.3, 0.4) is 0 Å². The minimum absolute atomic E-state index is 0.157. The van der Waals surface area contributed by atoms with Gasteiger partial charge in [0.2, 0.25) is 0 Å². The molecule has 2 aliphatic rings. The number of hydrogen-bond donors (Lipinski definition) is 1. The summed E-state index contributed by atoms with van der Waals surface area (Å²) in [5.74, 6) is 2.27. The van der Waals surface area contributed by atoms with Crippen LogP contribution in [0.2, 0.25) is 0 Å². The van der Waals surface area contributed by atoms with Gasteiger partial charge in [-0.25, -0.2) is 0 Å². The summed E-state index contributed by atoms with van der Waals surface area (Å²) in [6.45, 7) is 8.07. The lowest BCUT2D eigenvalue weighted by Crippen LogP contribution is -2.32. The van der Waals surface area contributed by atoms with Crippen molar-refractivity contribution in [2.24, 2.45) is 5.73 Å². The molecule has 0 radical (unpaired) electrons. The lowest BCUT2D eigenvalue weighted by atomic mass is 9.82. The summed E-state index contributed by atoms with van der Waals surface area (Å²) >= 11 is 0. The van der Waals surface area contributed by atoms with Crippen molar-refractivity contribution < 1.29 is 9.47 Å². The highest BCUT2D eigenvalue weighted by Crippen LogP contribution is 2.54. The van der Waals surface area contributed by atoms with Crippen LogP contribution in [0.4, 0.5) is 0 Å². The zero-order valence-electron chi connectivity index (χ0n) is 12.7. The van der Waals surface area contributed by atoms with Crippen LogP contribution in [0.25, 0.3) is 0 Å². The van der Waals surface area contributed by atoms with Crippen molar-refractivity contribution in [1.29, 1.82) is 0 Å². The van der Waals surface area contributed by atoms with Crippen LogP contribution < -0.4 is 15.2 Å². The van der Waals surface area contributed by atoms with E-state index in [4.69, 9.17) is 15.2 Å². The van der Waals surface area contributed by atoms with E-state index in [-0.39, 0.29) is 11.5 Å². The Morgan fingerprint density at radius 1 is 1.05 bits per heavy atom. The van der Waals surface area contributed by atoms with Crippen molar-refractivity contribution in [3.05, 3.63) is 23.3 Å². The fourth-order valence-electron chi connectivity index (χ4n) is 3.24. The number of ether oxygens (including phenoxy) is 2. The Hall–Kier alpha value is -1.22. The molecule has 1 unspecified atom stereocenters. The molecule has 1 heterocycles. The van der Waals surface area contributed by atoms with E-state index in [1.807, 2.05) is 0 Å². The van der Waals surface area contributed by atoms with Crippen LogP contribution in [0, 0.1) is 0 Å². The molecule has 0 bridgehead atoms. The third-order valence-corrected chi connectivity index (χ3v) is 4.74. The first kappa shape index (κ1) is 13.7. The van der Waals surface area contributed by atoms with Gasteiger partial charge in [-0.3, -0.25) is 0 Å². The second-order valence-electron chi connectivity index (χ2n) is 6.54. The van der Waals surface area contributed by atoms with Gasteiger partial charge in [-0.05, 0) is 48.9 Å². The fraction of sp³-hybridized carbons (Fsp3) is 0.647. The molecule has 1 atom stereocenters. The van der Waals surface area contributed by atoms with Crippen molar-refractivity contribution in [2.45, 2.75) is 57.4 Å². The lowest BCUT2D eigenvalue weighted by Gasteiger charge is -2.26. The standard InChI is InChI=1S/C17H25NO2/c1-11(2)13-9-15-16(20-8-4-7-19-15)10-14(13)17(5-6-17)12(3)18/h9-12H,4-8,18H2,1-3H3. The maximum absolute atomic E-state index is 6.27. The first-order valence-electron chi connectivity index (χ1n) is 7.74. The van der Waals surface area contributed by atoms with Gasteiger partial charge in [0.05, 0.1) is 13.2 Å². The normalized spacial score (nSPS) is 21.4. The summed E-state index contributed by atoms with van der Waals surface area (Å²) in [7, 11) is 0. The molecule has 3 heteroatoms. The lowest BCUT2D eigenvalue weighted by molar-refractivity contribution is 0.297. The van der Waals surface area contributed by atoms with Crippen molar-refractivity contribution >= 4 is 0 Å². The number of nitrogens with two attached hydrogens (primary N) is 1. The maximum Gasteiger partial charge on any atom is 0.161 e. The molecule has 2 N–H and O–H groups in total. The van der Waals surface area contributed by atoms with E-state index < -0.39 is 0 Å². The third kappa shape index (κ3) is 2.18. The zero-order valence-corrected chi connectivity index (χ0v) is 12.7. The molecule has 3 nitrogen and oxygen atoms in total. The van der Waals surface area contributed by atoms with Gasteiger partial charge in [0, 0.05) is 17.9 Å². The average Bonchev–Trinajstić information content (AvgIpc) is 3.21. The molecule has 0 spiro atoms. The van der Waals surface area contributed by atoms with Gasteiger partial charge in [0.1, 0.15) is 0 Å². The van der Waals surface area contributed by atoms with Crippen molar-refractivity contribution in [1.82, 2.24) is 0 Å². The number of fused-ring (bicyclic) bond motifs is 1. The Morgan fingerprint density at radius 2 is 1.65 bits per heavy atom. The van der Waals surface area contributed by atoms with Crippen molar-refractivity contribution in [3.63, 3.8) is 0 Å². The molecule has 1 aromatic rings. The smallest absolute Gasteiger partial charge is 0.161 e. The molecule has 1 aromatic carbocycles. The summed E-state index contributed by atoms with van der Waals surface area (Å²) in [6, 6.07) is 4.57. The van der Waals surface area contributed by atoms with E-state index in [2.05, 4.69) is 32.9 Å². The van der Waals surface area contributed by atoms with Gasteiger partial charge in [-0.1, -0.05) is 13.8 Å². The van der Waals surface area contributed by atoms with Gasteiger partial charge in [0.25, 0.3) is 0 Å². The Kier molecular flexibility index (Phi) is 3.41. The van der Waals surface area contributed by atoms with Crippen LogP contribution >= 0.6 is 0 Å². The van der Waals surface area contributed by atoms with Crippen molar-refractivity contribution in [3.8, 4) is 11.5 Å². The van der Waals surface area contributed by atoms with Gasteiger partial charge in [0.15, 0.2) is 11.5 Å². The monoisotopic (exact) mass is 275 g/mol. The van der Waals surface area contributed by atoms with Crippen molar-refractivity contribution in [2.75, 3.05) is 13.2 Å². The molecule has 1 fully saturated rings. The highest BCUT2D eigenvalue weighted by atomic mass is 16.5. The van der Waals surface area contributed by atoms with Crippen LogP contribution in [0.5, 0.6) is 11.5 Å². The molecule has 3 rings (SSSR count). The Labute approximate surface area is 121 Å². The highest BCUT2D eigenvalue weighted by molar-refractivity contribution is 5.53. The Balaban J connectivity index is 2.10. The summed E-state index contributed by atoms with van der Waals surface area (Å²) in [6.07, 6.45) is 3.31. The average molecular weight is 275 g/mol. The summed E-state index contributed by atoms with van der Waals surface area (Å²) in [5.41, 5.74) is 9.17. The van der Waals surface area contributed by atoms with E-state index in [1.165, 1.54) is 24.0 Å². The Morgan fingerprint density at radius 3 is 2.15 bits per heavy atom. The topological polar surface area (TPSA) is 44.5 Å². The first-order valence-corrected chi connectivity index (χ1v) is 7.74. The number of hydrogen-bond acceptors (Lipinski definition) is 3. The molecular formula is C17H25NO2. The van der Waals surface area contributed by atoms with Gasteiger partial charge < -0.3 is 15.2 Å². The van der Waals surface area contributed by atoms with Gasteiger partial charge in [-0.2, -0.15) is 0 Å². The van der Waals surface area contributed by atoms with E-state index in [0.717, 1.165) is 31.1 Å². The van der Waals surface area contributed by atoms with Crippen LogP contribution in [-0.2, 0) is 5.41 Å². The van der Waals surface area contributed by atoms with Crippen LogP contribution in [0.15, 0.2) is 12.1 Å². The SMILES string of the molecule is CC(C)c1cc2c(cc1C1(C(C)N)CC1)OCCCO2. The molecule has 20 heavy (non-hydrogen) atoms. The molecule has 0 aromatic heterocycles. The molecule has 1 saturated carbocycles. The molecule has 0 amide bonds. The molecule has 1 aliphatic carbocycles. The molecular weight excluding hydrogens is 250 g/mol. The largest absolute Gasteiger partial charge is 0.490 e. The van der Waals surface area contributed by atoms with Crippen LogP contribution in [0.1, 0.15) is 57.1 Å².